The maximum atomic E-state index is 6.38. The van der Waals surface area contributed by atoms with Crippen molar-refractivity contribution in [1.82, 2.24) is 14.7 Å². The second-order valence-corrected chi connectivity index (χ2v) is 5.32. The Morgan fingerprint density at radius 2 is 2.25 bits per heavy atom. The molecule has 90 valence electrons. The Labute approximate surface area is 102 Å². The van der Waals surface area contributed by atoms with E-state index >= 15 is 0 Å². The second kappa shape index (κ2) is 5.19. The molecule has 1 fully saturated rings. The van der Waals surface area contributed by atoms with Crippen LogP contribution in [0.3, 0.4) is 0 Å². The van der Waals surface area contributed by atoms with Crippen LogP contribution >= 0.6 is 11.6 Å². The molecule has 3 nitrogen and oxygen atoms in total. The average Bonchev–Trinajstić information content (AvgIpc) is 2.64. The third kappa shape index (κ3) is 2.77. The summed E-state index contributed by atoms with van der Waals surface area (Å²) in [6.07, 6.45) is 6.95. The lowest BCUT2D eigenvalue weighted by molar-refractivity contribution is 0.186. The molecule has 0 spiro atoms. The van der Waals surface area contributed by atoms with Crippen LogP contribution in [0.5, 0.6) is 0 Å². The van der Waals surface area contributed by atoms with Gasteiger partial charge in [-0.3, -0.25) is 9.58 Å². The van der Waals surface area contributed by atoms with Gasteiger partial charge in [0.25, 0.3) is 0 Å². The number of hydrogen-bond donors (Lipinski definition) is 0. The van der Waals surface area contributed by atoms with E-state index in [1.165, 1.54) is 19.3 Å². The molecule has 1 saturated carbocycles. The molecule has 0 saturated heterocycles. The molecule has 1 aliphatic carbocycles. The third-order valence-electron chi connectivity index (χ3n) is 3.39. The summed E-state index contributed by atoms with van der Waals surface area (Å²) in [5, 5.41) is 4.71. The molecule has 16 heavy (non-hydrogen) atoms. The smallest absolute Gasteiger partial charge is 0.0764 e. The van der Waals surface area contributed by atoms with Gasteiger partial charge in [-0.1, -0.05) is 12.8 Å². The number of alkyl halides is 1. The molecule has 0 N–H and O–H groups in total. The molecular weight excluding hydrogens is 222 g/mol. The first-order chi connectivity index (χ1) is 7.66. The number of aryl methyl sites for hydroxylation is 1. The summed E-state index contributed by atoms with van der Waals surface area (Å²) in [5.74, 6) is 0. The summed E-state index contributed by atoms with van der Waals surface area (Å²) in [5.41, 5.74) is 1.12. The number of aromatic nitrogens is 2. The first kappa shape index (κ1) is 11.9. The molecule has 2 unspecified atom stereocenters. The van der Waals surface area contributed by atoms with Crippen LogP contribution in [0.15, 0.2) is 12.3 Å². The fourth-order valence-corrected chi connectivity index (χ4v) is 2.96. The Bertz CT molecular complexity index is 337. The van der Waals surface area contributed by atoms with Crippen LogP contribution in [0.1, 0.15) is 31.4 Å². The third-order valence-corrected chi connectivity index (χ3v) is 3.90. The quantitative estimate of drug-likeness (QED) is 0.758. The van der Waals surface area contributed by atoms with Gasteiger partial charge in [-0.2, -0.15) is 5.10 Å². The van der Waals surface area contributed by atoms with Gasteiger partial charge >= 0.3 is 0 Å². The monoisotopic (exact) mass is 241 g/mol. The topological polar surface area (TPSA) is 21.1 Å². The zero-order chi connectivity index (χ0) is 11.5. The van der Waals surface area contributed by atoms with Gasteiger partial charge in [-0.25, -0.2) is 0 Å². The van der Waals surface area contributed by atoms with Gasteiger partial charge in [-0.15, -0.1) is 11.6 Å². The molecule has 4 heteroatoms. The van der Waals surface area contributed by atoms with Crippen molar-refractivity contribution in [1.29, 1.82) is 0 Å². The van der Waals surface area contributed by atoms with E-state index in [-0.39, 0.29) is 0 Å². The van der Waals surface area contributed by atoms with Crippen LogP contribution in [-0.2, 0) is 13.6 Å². The first-order valence-corrected chi connectivity index (χ1v) is 6.43. The largest absolute Gasteiger partial charge is 0.296 e. The highest BCUT2D eigenvalue weighted by molar-refractivity contribution is 6.21. The molecule has 0 bridgehead atoms. The number of rotatable bonds is 3. The minimum atomic E-state index is 0.308. The maximum Gasteiger partial charge on any atom is 0.0764 e. The van der Waals surface area contributed by atoms with Gasteiger partial charge in [-0.05, 0) is 26.0 Å². The van der Waals surface area contributed by atoms with Crippen molar-refractivity contribution in [2.45, 2.75) is 43.6 Å². The molecule has 1 aromatic heterocycles. The van der Waals surface area contributed by atoms with E-state index in [0.717, 1.165) is 18.7 Å². The van der Waals surface area contributed by atoms with Crippen molar-refractivity contribution in [2.75, 3.05) is 7.05 Å². The van der Waals surface area contributed by atoms with E-state index in [0.29, 0.717) is 11.4 Å². The van der Waals surface area contributed by atoms with Crippen molar-refractivity contribution in [3.8, 4) is 0 Å². The Kier molecular flexibility index (Phi) is 3.87. The van der Waals surface area contributed by atoms with E-state index in [4.69, 9.17) is 11.6 Å². The molecular formula is C12H20ClN3. The zero-order valence-corrected chi connectivity index (χ0v) is 10.8. The van der Waals surface area contributed by atoms with Crippen molar-refractivity contribution >= 4 is 11.6 Å². The van der Waals surface area contributed by atoms with Crippen LogP contribution in [0.25, 0.3) is 0 Å². The lowest BCUT2D eigenvalue weighted by Crippen LogP contribution is -2.40. The van der Waals surface area contributed by atoms with Gasteiger partial charge in [0.15, 0.2) is 0 Å². The molecule has 0 aromatic carbocycles. The predicted octanol–water partition coefficient (Wildman–Crippen LogP) is 2.40. The minimum absolute atomic E-state index is 0.308. The number of hydrogen-bond acceptors (Lipinski definition) is 2. The molecule has 0 aliphatic heterocycles. The van der Waals surface area contributed by atoms with Gasteiger partial charge in [0.1, 0.15) is 0 Å². The van der Waals surface area contributed by atoms with Crippen molar-refractivity contribution in [3.05, 3.63) is 18.0 Å². The molecule has 1 heterocycles. The molecule has 0 amide bonds. The Balaban J connectivity index is 1.93. The molecule has 1 aromatic rings. The van der Waals surface area contributed by atoms with Crippen LogP contribution in [0, 0.1) is 0 Å². The van der Waals surface area contributed by atoms with Gasteiger partial charge in [0, 0.05) is 31.2 Å². The van der Waals surface area contributed by atoms with Crippen LogP contribution < -0.4 is 0 Å². The van der Waals surface area contributed by atoms with Crippen LogP contribution in [0.2, 0.25) is 0 Å². The van der Waals surface area contributed by atoms with Crippen LogP contribution in [0.4, 0.5) is 0 Å². The van der Waals surface area contributed by atoms with Gasteiger partial charge < -0.3 is 0 Å². The normalized spacial score (nSPS) is 26.2. The van der Waals surface area contributed by atoms with E-state index in [1.807, 2.05) is 17.9 Å². The highest BCUT2D eigenvalue weighted by Crippen LogP contribution is 2.27. The second-order valence-electron chi connectivity index (χ2n) is 4.76. The molecule has 1 aliphatic rings. The van der Waals surface area contributed by atoms with E-state index in [2.05, 4.69) is 23.1 Å². The summed E-state index contributed by atoms with van der Waals surface area (Å²) in [4.78, 5) is 2.35. The van der Waals surface area contributed by atoms with Crippen LogP contribution in [-0.4, -0.2) is 33.1 Å². The fourth-order valence-electron chi connectivity index (χ4n) is 2.48. The predicted molar refractivity (Wildman–Crippen MR) is 66.6 cm³/mol. The van der Waals surface area contributed by atoms with E-state index < -0.39 is 0 Å². The standard InChI is InChI=1S/C12H20ClN3/c1-15(9-10-7-8-16(2)14-10)12-6-4-3-5-11(12)13/h7-8,11-12H,3-6,9H2,1-2H3. The Hall–Kier alpha value is -0.540. The molecule has 2 atom stereocenters. The number of nitrogens with zero attached hydrogens (tertiary/aromatic N) is 3. The van der Waals surface area contributed by atoms with Crippen molar-refractivity contribution < 1.29 is 0 Å². The van der Waals surface area contributed by atoms with E-state index in [1.54, 1.807) is 0 Å². The lowest BCUT2D eigenvalue weighted by atomic mass is 9.94. The SMILES string of the molecule is CN(Cc1ccn(C)n1)C1CCCCC1Cl. The maximum absolute atomic E-state index is 6.38. The average molecular weight is 242 g/mol. The zero-order valence-electron chi connectivity index (χ0n) is 10.1. The van der Waals surface area contributed by atoms with Gasteiger partial charge in [0.2, 0.25) is 0 Å². The summed E-state index contributed by atoms with van der Waals surface area (Å²) >= 11 is 6.38. The first-order valence-electron chi connectivity index (χ1n) is 5.99. The molecule has 2 rings (SSSR count). The summed E-state index contributed by atoms with van der Waals surface area (Å²) in [7, 11) is 4.11. The van der Waals surface area contributed by atoms with Crippen molar-refractivity contribution in [3.63, 3.8) is 0 Å². The number of halogens is 1. The van der Waals surface area contributed by atoms with E-state index in [9.17, 15) is 0 Å². The minimum Gasteiger partial charge on any atom is -0.296 e. The fraction of sp³-hybridized carbons (Fsp3) is 0.750. The summed E-state index contributed by atoms with van der Waals surface area (Å²) < 4.78 is 1.85. The summed E-state index contributed by atoms with van der Waals surface area (Å²) in [6.45, 7) is 0.898. The highest BCUT2D eigenvalue weighted by atomic mass is 35.5. The Morgan fingerprint density at radius 1 is 1.50 bits per heavy atom. The van der Waals surface area contributed by atoms with Gasteiger partial charge in [0.05, 0.1) is 5.69 Å². The molecule has 0 radical (unpaired) electrons. The highest BCUT2D eigenvalue weighted by Gasteiger charge is 2.26. The summed E-state index contributed by atoms with van der Waals surface area (Å²) in [6, 6.07) is 2.58. The lowest BCUT2D eigenvalue weighted by Gasteiger charge is -2.34. The van der Waals surface area contributed by atoms with Crippen molar-refractivity contribution in [2.24, 2.45) is 7.05 Å². The Morgan fingerprint density at radius 3 is 2.88 bits per heavy atom.